The fourth-order valence-electron chi connectivity index (χ4n) is 4.89. The Morgan fingerprint density at radius 3 is 2.68 bits per heavy atom. The highest BCUT2D eigenvalue weighted by atomic mass is 32.1. The Balaban J connectivity index is 1.55. The van der Waals surface area contributed by atoms with Gasteiger partial charge in [-0.25, -0.2) is 4.98 Å². The first-order valence-electron chi connectivity index (χ1n) is 12.0. The van der Waals surface area contributed by atoms with E-state index in [0.717, 1.165) is 21.2 Å². The number of anilines is 1. The van der Waals surface area contributed by atoms with Gasteiger partial charge < -0.3 is 20.1 Å². The second-order valence-electron chi connectivity index (χ2n) is 9.24. The van der Waals surface area contributed by atoms with E-state index in [1.807, 2.05) is 31.2 Å². The number of aliphatic hydroxyl groups is 1. The Morgan fingerprint density at radius 1 is 1.19 bits per heavy atom. The lowest BCUT2D eigenvalue weighted by atomic mass is 10.0. The van der Waals surface area contributed by atoms with Crippen LogP contribution in [0, 0.1) is 6.92 Å². The van der Waals surface area contributed by atoms with Crippen molar-refractivity contribution in [1.82, 2.24) is 9.88 Å². The number of β-amino-alcohol motifs (C(OH)–C–C–N with tert-alkyl or cyclic N) is 1. The molecule has 0 saturated carbocycles. The molecule has 1 aliphatic heterocycles. The predicted molar refractivity (Wildman–Crippen MR) is 144 cm³/mol. The molecule has 1 saturated heterocycles. The van der Waals surface area contributed by atoms with E-state index >= 15 is 0 Å². The number of carbonyl (C=O) groups excluding carboxylic acids is 3. The normalized spacial score (nSPS) is 15.5. The number of thiophene rings is 1. The highest BCUT2D eigenvalue weighted by molar-refractivity contribution is 7.21. The van der Waals surface area contributed by atoms with Crippen molar-refractivity contribution in [2.75, 3.05) is 25.5 Å². The number of methoxy groups -OCH3 is 1. The molecule has 2 amide bonds. The van der Waals surface area contributed by atoms with Gasteiger partial charge in [0.15, 0.2) is 5.78 Å². The predicted octanol–water partition coefficient (Wildman–Crippen LogP) is 4.57. The number of ketones is 1. The van der Waals surface area contributed by atoms with E-state index in [1.165, 1.54) is 18.3 Å². The number of aliphatic hydroxyl groups excluding tert-OH is 1. The Bertz CT molecular complexity index is 1560. The van der Waals surface area contributed by atoms with Gasteiger partial charge in [0, 0.05) is 41.2 Å². The van der Waals surface area contributed by atoms with Crippen molar-refractivity contribution in [3.63, 3.8) is 0 Å². The minimum absolute atomic E-state index is 0.0754. The highest BCUT2D eigenvalue weighted by Crippen LogP contribution is 2.37. The maximum absolute atomic E-state index is 13.5. The topological polar surface area (TPSA) is 109 Å². The van der Waals surface area contributed by atoms with Crippen LogP contribution in [0.1, 0.15) is 54.9 Å². The summed E-state index contributed by atoms with van der Waals surface area (Å²) in [4.78, 5) is 45.7. The van der Waals surface area contributed by atoms with E-state index < -0.39 is 6.10 Å². The fraction of sp³-hybridized carbons (Fsp3) is 0.286. The van der Waals surface area contributed by atoms with Gasteiger partial charge in [-0.3, -0.25) is 14.4 Å². The first-order chi connectivity index (χ1) is 17.8. The molecule has 2 aromatic heterocycles. The molecule has 4 aromatic rings. The fourth-order valence-corrected chi connectivity index (χ4v) is 6.20. The molecule has 0 radical (unpaired) electrons. The van der Waals surface area contributed by atoms with Crippen LogP contribution in [0.5, 0.6) is 0 Å². The molecule has 1 fully saturated rings. The zero-order chi connectivity index (χ0) is 26.3. The van der Waals surface area contributed by atoms with Crippen molar-refractivity contribution in [2.24, 2.45) is 0 Å². The number of rotatable bonds is 6. The Hall–Kier alpha value is -3.66. The zero-order valence-electron chi connectivity index (χ0n) is 20.8. The quantitative estimate of drug-likeness (QED) is 0.363. The number of hydrogen-bond donors (Lipinski definition) is 2. The van der Waals surface area contributed by atoms with Crippen molar-refractivity contribution in [1.29, 1.82) is 0 Å². The van der Waals surface area contributed by atoms with Crippen LogP contribution in [0.4, 0.5) is 5.82 Å². The molecule has 0 spiro atoms. The van der Waals surface area contributed by atoms with Gasteiger partial charge in [-0.05, 0) is 49.6 Å². The average molecular weight is 518 g/mol. The summed E-state index contributed by atoms with van der Waals surface area (Å²) in [5.41, 5.74) is 3.23. The minimum atomic E-state index is -0.532. The molecule has 0 unspecified atom stereocenters. The lowest BCUT2D eigenvalue weighted by Gasteiger charge is -2.17. The number of aromatic nitrogens is 1. The number of carbonyl (C=O) groups is 3. The molecule has 0 aliphatic carbocycles. The molecule has 1 aliphatic rings. The Morgan fingerprint density at radius 2 is 1.97 bits per heavy atom. The summed E-state index contributed by atoms with van der Waals surface area (Å²) in [6.07, 6.45) is 0.00621. The van der Waals surface area contributed by atoms with Gasteiger partial charge in [-0.1, -0.05) is 24.3 Å². The average Bonchev–Trinajstić information content (AvgIpc) is 3.47. The van der Waals surface area contributed by atoms with Crippen LogP contribution in [0.3, 0.4) is 0 Å². The van der Waals surface area contributed by atoms with Gasteiger partial charge in [-0.15, -0.1) is 11.3 Å². The summed E-state index contributed by atoms with van der Waals surface area (Å²) in [6, 6.07) is 12.5. The number of nitrogens with one attached hydrogen (secondary N) is 1. The largest absolute Gasteiger partial charge is 0.391 e. The minimum Gasteiger partial charge on any atom is -0.391 e. The maximum atomic E-state index is 13.5. The van der Waals surface area contributed by atoms with E-state index in [-0.39, 0.29) is 30.0 Å². The number of aryl methyl sites for hydroxylation is 1. The van der Waals surface area contributed by atoms with Crippen LogP contribution < -0.4 is 5.32 Å². The number of nitrogens with zero attached hydrogens (tertiary/aromatic N) is 2. The summed E-state index contributed by atoms with van der Waals surface area (Å²) >= 11 is 1.26. The van der Waals surface area contributed by atoms with Gasteiger partial charge in [0.05, 0.1) is 28.7 Å². The summed E-state index contributed by atoms with van der Waals surface area (Å²) in [7, 11) is 1.60. The lowest BCUT2D eigenvalue weighted by Crippen LogP contribution is -2.30. The number of Topliss-reactive ketones (excluding diaryl/α,β-unsaturated/α-hetero) is 1. The van der Waals surface area contributed by atoms with Crippen LogP contribution in [0.15, 0.2) is 42.5 Å². The number of likely N-dealkylation sites (tertiary alicyclic amines) is 1. The molecule has 2 aromatic carbocycles. The molecule has 8 nitrogen and oxygen atoms in total. The smallest absolute Gasteiger partial charge is 0.267 e. The highest BCUT2D eigenvalue weighted by Gasteiger charge is 2.28. The van der Waals surface area contributed by atoms with E-state index in [1.54, 1.807) is 30.2 Å². The standard InChI is InChI=1S/C28H27N3O5S/c1-15-24-17(14-36-3)8-9-19(16(2)32)26(24)37-25(15)27(34)30-23-12-21(20-6-4-5-7-22(20)29-23)28(35)31-11-10-18(33)13-31/h4-9,12,18,33H,10-11,13-14H2,1-3H3,(H,29,30,34)/t18-/m1/s1. The first kappa shape index (κ1) is 25.0. The lowest BCUT2D eigenvalue weighted by molar-refractivity contribution is 0.0766. The molecule has 37 heavy (non-hydrogen) atoms. The summed E-state index contributed by atoms with van der Waals surface area (Å²) < 4.78 is 6.09. The molecule has 9 heteroatoms. The van der Waals surface area contributed by atoms with Crippen LogP contribution >= 0.6 is 11.3 Å². The molecule has 0 bridgehead atoms. The van der Waals surface area contributed by atoms with E-state index in [4.69, 9.17) is 4.74 Å². The number of pyridine rings is 1. The first-order valence-corrected chi connectivity index (χ1v) is 12.8. The SMILES string of the molecule is COCc1ccc(C(C)=O)c2sc(C(=O)Nc3cc(C(=O)N4CC[C@@H](O)C4)c4ccccc4n3)c(C)c12. The third-order valence-corrected chi connectivity index (χ3v) is 8.01. The number of fused-ring (bicyclic) bond motifs is 2. The van der Waals surface area contributed by atoms with Gasteiger partial charge >= 0.3 is 0 Å². The van der Waals surface area contributed by atoms with Crippen molar-refractivity contribution in [3.8, 4) is 0 Å². The van der Waals surface area contributed by atoms with Crippen LogP contribution in [0.2, 0.25) is 0 Å². The van der Waals surface area contributed by atoms with Crippen molar-refractivity contribution in [2.45, 2.75) is 33.0 Å². The molecular weight excluding hydrogens is 490 g/mol. The van der Waals surface area contributed by atoms with E-state index in [0.29, 0.717) is 46.5 Å². The van der Waals surface area contributed by atoms with Crippen LogP contribution in [0.25, 0.3) is 21.0 Å². The molecule has 2 N–H and O–H groups in total. The van der Waals surface area contributed by atoms with Crippen molar-refractivity contribution >= 4 is 55.7 Å². The number of hydrogen-bond acceptors (Lipinski definition) is 7. The second-order valence-corrected chi connectivity index (χ2v) is 10.3. The molecular formula is C28H27N3O5S. The van der Waals surface area contributed by atoms with Gasteiger partial charge in [0.1, 0.15) is 5.82 Å². The zero-order valence-corrected chi connectivity index (χ0v) is 21.6. The summed E-state index contributed by atoms with van der Waals surface area (Å²) in [5.74, 6) is -0.394. The van der Waals surface area contributed by atoms with Crippen molar-refractivity contribution < 1.29 is 24.2 Å². The number of benzene rings is 2. The number of amides is 2. The molecule has 190 valence electrons. The number of para-hydroxylation sites is 1. The monoisotopic (exact) mass is 517 g/mol. The molecule has 3 heterocycles. The van der Waals surface area contributed by atoms with E-state index in [2.05, 4.69) is 10.3 Å². The van der Waals surface area contributed by atoms with Crippen LogP contribution in [-0.4, -0.2) is 58.9 Å². The molecule has 1 atom stereocenters. The third kappa shape index (κ3) is 4.61. The Labute approximate surface area is 217 Å². The van der Waals surface area contributed by atoms with E-state index in [9.17, 15) is 19.5 Å². The molecule has 5 rings (SSSR count). The summed E-state index contributed by atoms with van der Waals surface area (Å²) in [5, 5.41) is 14.3. The number of ether oxygens (including phenoxy) is 1. The summed E-state index contributed by atoms with van der Waals surface area (Å²) in [6.45, 7) is 4.48. The van der Waals surface area contributed by atoms with Crippen molar-refractivity contribution in [3.05, 3.63) is 69.6 Å². The van der Waals surface area contributed by atoms with Gasteiger partial charge in [-0.2, -0.15) is 0 Å². The maximum Gasteiger partial charge on any atom is 0.267 e. The van der Waals surface area contributed by atoms with Gasteiger partial charge in [0.2, 0.25) is 0 Å². The Kier molecular flexibility index (Phi) is 6.76. The third-order valence-electron chi connectivity index (χ3n) is 6.69. The second kappa shape index (κ2) is 10.0. The van der Waals surface area contributed by atoms with Crippen LogP contribution in [-0.2, 0) is 11.3 Å². The van der Waals surface area contributed by atoms with Gasteiger partial charge in [0.25, 0.3) is 11.8 Å².